The van der Waals surface area contributed by atoms with E-state index in [9.17, 15) is 10.2 Å². The first-order chi connectivity index (χ1) is 10.7. The topological polar surface area (TPSA) is 53.6 Å². The molecule has 1 aliphatic heterocycles. The number of furan rings is 1. The van der Waals surface area contributed by atoms with Gasteiger partial charge in [-0.2, -0.15) is 0 Å². The van der Waals surface area contributed by atoms with Gasteiger partial charge in [-0.15, -0.1) is 0 Å². The predicted molar refractivity (Wildman–Crippen MR) is 86.7 cm³/mol. The summed E-state index contributed by atoms with van der Waals surface area (Å²) in [6, 6.07) is 10.2. The zero-order chi connectivity index (χ0) is 15.1. The molecule has 2 heterocycles. The summed E-state index contributed by atoms with van der Waals surface area (Å²) in [7, 11) is 0. The SMILES string of the molecule is OC1=C2CCc3cc(-c4ccco4)ccc3SC2=CC(O)C1. The quantitative estimate of drug-likeness (QED) is 0.817. The van der Waals surface area contributed by atoms with Crippen molar-refractivity contribution in [3.63, 3.8) is 0 Å². The highest BCUT2D eigenvalue weighted by molar-refractivity contribution is 8.03. The maximum atomic E-state index is 10.1. The van der Waals surface area contributed by atoms with Crippen molar-refractivity contribution in [1.29, 1.82) is 0 Å². The first-order valence-corrected chi connectivity index (χ1v) is 8.18. The highest BCUT2D eigenvalue weighted by Gasteiger charge is 2.25. The number of aryl methyl sites for hydroxylation is 1. The summed E-state index contributed by atoms with van der Waals surface area (Å²) < 4.78 is 5.47. The summed E-state index contributed by atoms with van der Waals surface area (Å²) in [6.07, 6.45) is 4.95. The Bertz CT molecular complexity index is 772. The van der Waals surface area contributed by atoms with E-state index in [1.807, 2.05) is 18.2 Å². The minimum atomic E-state index is -0.588. The second-order valence-electron chi connectivity index (χ2n) is 5.63. The second kappa shape index (κ2) is 5.38. The highest BCUT2D eigenvalue weighted by atomic mass is 32.2. The number of thioether (sulfide) groups is 1. The lowest BCUT2D eigenvalue weighted by Gasteiger charge is -2.19. The molecule has 1 unspecified atom stereocenters. The van der Waals surface area contributed by atoms with E-state index >= 15 is 0 Å². The molecule has 2 aliphatic rings. The monoisotopic (exact) mass is 312 g/mol. The molecule has 0 radical (unpaired) electrons. The lowest BCUT2D eigenvalue weighted by Crippen LogP contribution is -2.12. The molecule has 0 fully saturated rings. The molecular formula is C18H16O3S. The molecule has 1 aromatic heterocycles. The van der Waals surface area contributed by atoms with Gasteiger partial charge >= 0.3 is 0 Å². The predicted octanol–water partition coefficient (Wildman–Crippen LogP) is 4.45. The van der Waals surface area contributed by atoms with E-state index in [4.69, 9.17) is 4.42 Å². The number of fused-ring (bicyclic) bond motifs is 2. The minimum absolute atomic E-state index is 0.327. The van der Waals surface area contributed by atoms with Crippen molar-refractivity contribution in [3.8, 4) is 11.3 Å². The Balaban J connectivity index is 1.74. The number of aliphatic hydroxyl groups is 2. The lowest BCUT2D eigenvalue weighted by molar-refractivity contribution is 0.197. The Kier molecular flexibility index (Phi) is 3.36. The van der Waals surface area contributed by atoms with E-state index in [-0.39, 0.29) is 0 Å². The number of rotatable bonds is 1. The van der Waals surface area contributed by atoms with E-state index in [0.29, 0.717) is 12.2 Å². The van der Waals surface area contributed by atoms with E-state index in [0.717, 1.165) is 34.6 Å². The zero-order valence-corrected chi connectivity index (χ0v) is 12.8. The van der Waals surface area contributed by atoms with Gasteiger partial charge in [-0.25, -0.2) is 0 Å². The fraction of sp³-hybridized carbons (Fsp3) is 0.222. The van der Waals surface area contributed by atoms with Crippen molar-refractivity contribution < 1.29 is 14.6 Å². The average molecular weight is 312 g/mol. The van der Waals surface area contributed by atoms with Gasteiger partial charge in [0.05, 0.1) is 18.1 Å². The standard InChI is InChI=1S/C18H16O3S/c19-13-9-15(20)14-5-3-12-8-11(16-2-1-7-21-16)4-6-17(12)22-18(14)10-13/h1-2,4,6-8,10,13,19-20H,3,5,9H2. The van der Waals surface area contributed by atoms with Gasteiger partial charge in [0.2, 0.25) is 0 Å². The molecular weight excluding hydrogens is 296 g/mol. The van der Waals surface area contributed by atoms with Crippen LogP contribution in [0, 0.1) is 0 Å². The maximum Gasteiger partial charge on any atom is 0.133 e. The number of hydrogen-bond donors (Lipinski definition) is 2. The molecule has 4 heteroatoms. The lowest BCUT2D eigenvalue weighted by atomic mass is 9.96. The van der Waals surface area contributed by atoms with Crippen LogP contribution in [0.1, 0.15) is 18.4 Å². The molecule has 0 spiro atoms. The van der Waals surface area contributed by atoms with Crippen LogP contribution in [0.3, 0.4) is 0 Å². The van der Waals surface area contributed by atoms with Crippen LogP contribution in [0.5, 0.6) is 0 Å². The van der Waals surface area contributed by atoms with Crippen LogP contribution in [0.25, 0.3) is 11.3 Å². The molecule has 3 nitrogen and oxygen atoms in total. The van der Waals surface area contributed by atoms with Crippen LogP contribution in [0.2, 0.25) is 0 Å². The van der Waals surface area contributed by atoms with Gasteiger partial charge in [0.1, 0.15) is 5.76 Å². The number of benzene rings is 1. The number of allylic oxidation sites excluding steroid dienone is 1. The molecule has 0 saturated carbocycles. The zero-order valence-electron chi connectivity index (χ0n) is 12.0. The van der Waals surface area contributed by atoms with E-state index in [1.165, 1.54) is 10.5 Å². The molecule has 112 valence electrons. The van der Waals surface area contributed by atoms with E-state index in [2.05, 4.69) is 18.2 Å². The van der Waals surface area contributed by atoms with Crippen molar-refractivity contribution >= 4 is 11.8 Å². The largest absolute Gasteiger partial charge is 0.512 e. The van der Waals surface area contributed by atoms with Gasteiger partial charge < -0.3 is 14.6 Å². The Hall–Kier alpha value is -1.91. The molecule has 4 rings (SSSR count). The normalized spacial score (nSPS) is 21.0. The van der Waals surface area contributed by atoms with Crippen LogP contribution in [0.4, 0.5) is 0 Å². The highest BCUT2D eigenvalue weighted by Crippen LogP contribution is 2.44. The summed E-state index contributed by atoms with van der Waals surface area (Å²) in [5.41, 5.74) is 3.30. The molecule has 22 heavy (non-hydrogen) atoms. The molecule has 0 bridgehead atoms. The maximum absolute atomic E-state index is 10.1. The summed E-state index contributed by atoms with van der Waals surface area (Å²) in [5, 5.41) is 20.0. The summed E-state index contributed by atoms with van der Waals surface area (Å²) in [5.74, 6) is 1.20. The van der Waals surface area contributed by atoms with Crippen LogP contribution >= 0.6 is 11.8 Å². The number of hydrogen-bond acceptors (Lipinski definition) is 4. The van der Waals surface area contributed by atoms with Crippen LogP contribution < -0.4 is 0 Å². The van der Waals surface area contributed by atoms with Gasteiger partial charge in [0.25, 0.3) is 0 Å². The van der Waals surface area contributed by atoms with Gasteiger partial charge in [-0.1, -0.05) is 17.8 Å². The Morgan fingerprint density at radius 1 is 1.18 bits per heavy atom. The third-order valence-corrected chi connectivity index (χ3v) is 5.34. The number of aliphatic hydroxyl groups excluding tert-OH is 2. The Morgan fingerprint density at radius 2 is 2.09 bits per heavy atom. The van der Waals surface area contributed by atoms with Gasteiger partial charge in [0.15, 0.2) is 0 Å². The smallest absolute Gasteiger partial charge is 0.133 e. The Labute approximate surface area is 133 Å². The Morgan fingerprint density at radius 3 is 2.91 bits per heavy atom. The van der Waals surface area contributed by atoms with Crippen LogP contribution in [-0.2, 0) is 6.42 Å². The molecule has 2 N–H and O–H groups in total. The van der Waals surface area contributed by atoms with Crippen LogP contribution in [0.15, 0.2) is 68.2 Å². The van der Waals surface area contributed by atoms with Crippen molar-refractivity contribution in [2.24, 2.45) is 0 Å². The molecule has 0 amide bonds. The van der Waals surface area contributed by atoms with Crippen LogP contribution in [-0.4, -0.2) is 16.3 Å². The fourth-order valence-corrected chi connectivity index (χ4v) is 4.24. The summed E-state index contributed by atoms with van der Waals surface area (Å²) >= 11 is 1.63. The van der Waals surface area contributed by atoms with Crippen molar-refractivity contribution in [3.05, 3.63) is 64.5 Å². The molecule has 1 aliphatic carbocycles. The van der Waals surface area contributed by atoms with Gasteiger partial charge in [-0.3, -0.25) is 0 Å². The third-order valence-electron chi connectivity index (χ3n) is 4.12. The van der Waals surface area contributed by atoms with Crippen molar-refractivity contribution in [2.45, 2.75) is 30.3 Å². The minimum Gasteiger partial charge on any atom is -0.512 e. The third kappa shape index (κ3) is 2.38. The second-order valence-corrected chi connectivity index (χ2v) is 6.71. The van der Waals surface area contributed by atoms with E-state index in [1.54, 1.807) is 18.0 Å². The fourth-order valence-electron chi connectivity index (χ4n) is 3.01. The van der Waals surface area contributed by atoms with Crippen molar-refractivity contribution in [1.82, 2.24) is 0 Å². The molecule has 0 saturated heterocycles. The first-order valence-electron chi connectivity index (χ1n) is 7.36. The van der Waals surface area contributed by atoms with Crippen molar-refractivity contribution in [2.75, 3.05) is 0 Å². The molecule has 2 aromatic rings. The van der Waals surface area contributed by atoms with E-state index < -0.39 is 6.10 Å². The van der Waals surface area contributed by atoms with Gasteiger partial charge in [-0.05, 0) is 48.7 Å². The summed E-state index contributed by atoms with van der Waals surface area (Å²) in [6.45, 7) is 0. The first kappa shape index (κ1) is 13.7. The summed E-state index contributed by atoms with van der Waals surface area (Å²) in [4.78, 5) is 2.17. The molecule has 1 aromatic carbocycles. The molecule has 1 atom stereocenters. The average Bonchev–Trinajstić information content (AvgIpc) is 2.95. The van der Waals surface area contributed by atoms with Gasteiger partial charge in [0, 0.05) is 27.4 Å².